The van der Waals surface area contributed by atoms with E-state index in [1.54, 1.807) is 40.6 Å². The van der Waals surface area contributed by atoms with Gasteiger partial charge in [0.05, 0.1) is 11.3 Å². The molecule has 2 aliphatic rings. The number of aryl methyl sites for hydroxylation is 1. The zero-order valence-corrected chi connectivity index (χ0v) is 17.7. The lowest BCUT2D eigenvalue weighted by Crippen LogP contribution is -2.35. The number of aliphatic imine (C=N–C) groups is 1. The van der Waals surface area contributed by atoms with Crippen LogP contribution in [0.3, 0.4) is 0 Å². The van der Waals surface area contributed by atoms with Crippen molar-refractivity contribution < 1.29 is 9.18 Å². The fraction of sp³-hybridized carbons (Fsp3) is 0.200. The molecular formula is C20H18FN5OS2. The van der Waals surface area contributed by atoms with Crippen molar-refractivity contribution in [2.24, 2.45) is 10.1 Å². The number of hydrazone groups is 1. The van der Waals surface area contributed by atoms with Crippen molar-refractivity contribution in [3.63, 3.8) is 0 Å². The van der Waals surface area contributed by atoms with E-state index in [1.165, 1.54) is 22.8 Å². The molecule has 1 aromatic carbocycles. The molecule has 4 rings (SSSR count). The molecule has 0 saturated heterocycles. The lowest BCUT2D eigenvalue weighted by Gasteiger charge is -2.20. The third kappa shape index (κ3) is 3.44. The van der Waals surface area contributed by atoms with Crippen LogP contribution in [-0.4, -0.2) is 36.6 Å². The van der Waals surface area contributed by atoms with Gasteiger partial charge in [-0.15, -0.1) is 5.10 Å². The van der Waals surface area contributed by atoms with Crippen LogP contribution in [0.1, 0.15) is 23.9 Å². The van der Waals surface area contributed by atoms with Gasteiger partial charge in [-0.2, -0.15) is 10.0 Å². The average molecular weight is 428 g/mol. The van der Waals surface area contributed by atoms with E-state index in [0.717, 1.165) is 27.1 Å². The SMILES string of the molecule is CCSC1=NN2C(=N)/C(=C/c3cc(C)n(-c4ccccc4F)c3C)C(=O)N=C2S1. The van der Waals surface area contributed by atoms with Gasteiger partial charge in [-0.05, 0) is 61.2 Å². The molecule has 0 spiro atoms. The molecule has 0 aliphatic carbocycles. The smallest absolute Gasteiger partial charge is 0.283 e. The Labute approximate surface area is 176 Å². The van der Waals surface area contributed by atoms with Crippen LogP contribution < -0.4 is 0 Å². The van der Waals surface area contributed by atoms with Crippen LogP contribution in [0.25, 0.3) is 11.8 Å². The van der Waals surface area contributed by atoms with E-state index in [0.29, 0.717) is 10.9 Å². The number of hydrogen-bond acceptors (Lipinski definition) is 5. The van der Waals surface area contributed by atoms with Crippen LogP contribution in [0, 0.1) is 25.1 Å². The summed E-state index contributed by atoms with van der Waals surface area (Å²) >= 11 is 2.84. The zero-order valence-electron chi connectivity index (χ0n) is 16.1. The van der Waals surface area contributed by atoms with Crippen LogP contribution in [-0.2, 0) is 4.79 Å². The summed E-state index contributed by atoms with van der Waals surface area (Å²) in [7, 11) is 0. The number of carbonyl (C=O) groups excluding carboxylic acids is 1. The molecule has 3 heterocycles. The topological polar surface area (TPSA) is 73.8 Å². The average Bonchev–Trinajstić information content (AvgIpc) is 3.20. The second-order valence-corrected chi connectivity index (χ2v) is 8.90. The number of nitrogens with zero attached hydrogens (tertiary/aromatic N) is 4. The molecule has 1 N–H and O–H groups in total. The van der Waals surface area contributed by atoms with Crippen molar-refractivity contribution in [3.8, 4) is 5.69 Å². The minimum atomic E-state index is -0.470. The van der Waals surface area contributed by atoms with E-state index in [4.69, 9.17) is 5.41 Å². The summed E-state index contributed by atoms with van der Waals surface area (Å²) in [4.78, 5) is 16.7. The minimum absolute atomic E-state index is 0.00472. The van der Waals surface area contributed by atoms with Gasteiger partial charge in [0.1, 0.15) is 5.82 Å². The van der Waals surface area contributed by atoms with Crippen LogP contribution in [0.15, 0.2) is 46.0 Å². The number of hydrogen-bond donors (Lipinski definition) is 1. The summed E-state index contributed by atoms with van der Waals surface area (Å²) < 4.78 is 16.9. The summed E-state index contributed by atoms with van der Waals surface area (Å²) in [5.41, 5.74) is 2.94. The Hall–Kier alpha value is -2.65. The summed E-state index contributed by atoms with van der Waals surface area (Å²) in [5, 5.41) is 14.7. The molecule has 0 unspecified atom stereocenters. The van der Waals surface area contributed by atoms with Crippen molar-refractivity contribution in [1.29, 1.82) is 5.41 Å². The Morgan fingerprint density at radius 3 is 2.79 bits per heavy atom. The molecule has 0 atom stereocenters. The first-order valence-corrected chi connectivity index (χ1v) is 10.8. The molecule has 148 valence electrons. The molecule has 9 heteroatoms. The van der Waals surface area contributed by atoms with Gasteiger partial charge >= 0.3 is 0 Å². The largest absolute Gasteiger partial charge is 0.315 e. The van der Waals surface area contributed by atoms with Gasteiger partial charge in [0.2, 0.25) is 5.17 Å². The summed E-state index contributed by atoms with van der Waals surface area (Å²) in [6.07, 6.45) is 1.63. The Morgan fingerprint density at radius 1 is 1.31 bits per heavy atom. The minimum Gasteiger partial charge on any atom is -0.315 e. The Kier molecular flexibility index (Phi) is 5.18. The van der Waals surface area contributed by atoms with Crippen molar-refractivity contribution in [2.75, 3.05) is 5.75 Å². The number of amidine groups is 2. The number of amides is 1. The van der Waals surface area contributed by atoms with Gasteiger partial charge in [-0.1, -0.05) is 30.8 Å². The number of nitrogens with one attached hydrogen (secondary N) is 1. The monoisotopic (exact) mass is 427 g/mol. The molecule has 0 radical (unpaired) electrons. The third-order valence-electron chi connectivity index (χ3n) is 4.57. The summed E-state index contributed by atoms with van der Waals surface area (Å²) in [6.45, 7) is 5.75. The number of aromatic nitrogens is 1. The first-order valence-electron chi connectivity index (χ1n) is 8.97. The molecule has 0 saturated carbocycles. The van der Waals surface area contributed by atoms with E-state index >= 15 is 0 Å². The van der Waals surface area contributed by atoms with Crippen molar-refractivity contribution in [1.82, 2.24) is 9.58 Å². The number of halogens is 1. The van der Waals surface area contributed by atoms with Crippen LogP contribution >= 0.6 is 23.5 Å². The highest BCUT2D eigenvalue weighted by Crippen LogP contribution is 2.33. The highest BCUT2D eigenvalue weighted by atomic mass is 32.2. The van der Waals surface area contributed by atoms with Gasteiger partial charge in [0, 0.05) is 11.4 Å². The van der Waals surface area contributed by atoms with E-state index < -0.39 is 5.91 Å². The number of benzene rings is 1. The summed E-state index contributed by atoms with van der Waals surface area (Å²) in [5.74, 6) is 0.0461. The van der Waals surface area contributed by atoms with Gasteiger partial charge in [0.25, 0.3) is 5.91 Å². The number of fused-ring (bicyclic) bond motifs is 1. The lowest BCUT2D eigenvalue weighted by molar-refractivity contribution is -0.114. The number of carbonyl (C=O) groups is 1. The molecule has 6 nitrogen and oxygen atoms in total. The van der Waals surface area contributed by atoms with Gasteiger partial charge < -0.3 is 4.57 Å². The molecule has 0 bridgehead atoms. The Morgan fingerprint density at radius 2 is 2.07 bits per heavy atom. The van der Waals surface area contributed by atoms with Crippen LogP contribution in [0.5, 0.6) is 0 Å². The standard InChI is InChI=1S/C20H18FN5OS2/c1-4-28-20-24-26-17(22)14(18(27)23-19(26)29-20)10-13-9-11(2)25(12(13)3)16-8-6-5-7-15(16)21/h5-10,22H,4H2,1-3H3/b14-10-,22-17?. The first-order chi connectivity index (χ1) is 13.9. The molecule has 0 fully saturated rings. The van der Waals surface area contributed by atoms with E-state index in [1.807, 2.05) is 26.8 Å². The van der Waals surface area contributed by atoms with E-state index in [-0.39, 0.29) is 17.2 Å². The highest BCUT2D eigenvalue weighted by Gasteiger charge is 2.35. The number of thioether (sulfide) groups is 2. The normalized spacial score (nSPS) is 17.7. The fourth-order valence-electron chi connectivity index (χ4n) is 3.25. The first kappa shape index (κ1) is 19.7. The maximum Gasteiger partial charge on any atom is 0.283 e. The number of para-hydroxylation sites is 1. The molecule has 1 aromatic heterocycles. The second kappa shape index (κ2) is 7.64. The molecule has 2 aliphatic heterocycles. The Bertz CT molecular complexity index is 1130. The van der Waals surface area contributed by atoms with E-state index in [9.17, 15) is 9.18 Å². The van der Waals surface area contributed by atoms with Crippen molar-refractivity contribution in [3.05, 3.63) is 58.7 Å². The van der Waals surface area contributed by atoms with Gasteiger partial charge in [0.15, 0.2) is 10.2 Å². The van der Waals surface area contributed by atoms with E-state index in [2.05, 4.69) is 10.1 Å². The molecule has 29 heavy (non-hydrogen) atoms. The quantitative estimate of drug-likeness (QED) is 0.729. The maximum atomic E-state index is 14.3. The molecule has 2 aromatic rings. The molecule has 1 amide bonds. The van der Waals surface area contributed by atoms with Crippen molar-refractivity contribution >= 4 is 50.9 Å². The second-order valence-electron chi connectivity index (χ2n) is 6.43. The van der Waals surface area contributed by atoms with Crippen molar-refractivity contribution in [2.45, 2.75) is 20.8 Å². The van der Waals surface area contributed by atoms with Gasteiger partial charge in [-0.3, -0.25) is 10.2 Å². The van der Waals surface area contributed by atoms with Crippen LogP contribution in [0.2, 0.25) is 0 Å². The third-order valence-corrected chi connectivity index (χ3v) is 6.49. The number of rotatable bonds is 3. The van der Waals surface area contributed by atoms with Gasteiger partial charge in [-0.25, -0.2) is 4.39 Å². The zero-order chi connectivity index (χ0) is 20.7. The summed E-state index contributed by atoms with van der Waals surface area (Å²) in [6, 6.07) is 8.42. The molecular weight excluding hydrogens is 409 g/mol. The van der Waals surface area contributed by atoms with Crippen LogP contribution in [0.4, 0.5) is 4.39 Å². The predicted molar refractivity (Wildman–Crippen MR) is 118 cm³/mol. The fourth-order valence-corrected chi connectivity index (χ4v) is 5.07. The Balaban J connectivity index is 1.74. The predicted octanol–water partition coefficient (Wildman–Crippen LogP) is 4.56. The maximum absolute atomic E-state index is 14.3. The lowest BCUT2D eigenvalue weighted by atomic mass is 10.1. The highest BCUT2D eigenvalue weighted by molar-refractivity contribution is 8.45.